The Morgan fingerprint density at radius 3 is 2.92 bits per heavy atom. The van der Waals surface area contributed by atoms with Gasteiger partial charge in [0.2, 0.25) is 0 Å². The molecule has 1 heterocycles. The number of rotatable bonds is 2. The first-order valence-corrected chi connectivity index (χ1v) is 4.50. The van der Waals surface area contributed by atoms with Gasteiger partial charge in [0.05, 0.1) is 0 Å². The number of aromatic nitrogens is 1. The van der Waals surface area contributed by atoms with Crippen LogP contribution in [-0.2, 0) is 13.6 Å². The topological polar surface area (TPSA) is 17.0 Å². The molecule has 0 aliphatic rings. The number of aryl methyl sites for hydroxylation is 1. The normalized spacial score (nSPS) is 10.9. The van der Waals surface area contributed by atoms with Crippen LogP contribution in [0.3, 0.4) is 0 Å². The number of hydrogen-bond donors (Lipinski definition) is 1. The molecule has 0 radical (unpaired) electrons. The predicted octanol–water partition coefficient (Wildman–Crippen LogP) is 1.90. The number of fused-ring (bicyclic) bond motifs is 1. The minimum atomic E-state index is 0.935. The minimum Gasteiger partial charge on any atom is -0.351 e. The number of nitrogens with zero attached hydrogens (tertiary/aromatic N) is 1. The fourth-order valence-corrected chi connectivity index (χ4v) is 1.65. The van der Waals surface area contributed by atoms with Crippen molar-refractivity contribution in [2.75, 3.05) is 7.05 Å². The van der Waals surface area contributed by atoms with Crippen LogP contribution >= 0.6 is 0 Å². The summed E-state index contributed by atoms with van der Waals surface area (Å²) >= 11 is 0. The van der Waals surface area contributed by atoms with E-state index in [4.69, 9.17) is 0 Å². The summed E-state index contributed by atoms with van der Waals surface area (Å²) < 4.78 is 2.14. The maximum atomic E-state index is 3.15. The van der Waals surface area contributed by atoms with Gasteiger partial charge in [-0.2, -0.15) is 0 Å². The maximum Gasteiger partial charge on any atom is 0.0477 e. The third-order valence-corrected chi connectivity index (χ3v) is 2.33. The van der Waals surface area contributed by atoms with Crippen molar-refractivity contribution in [3.05, 3.63) is 36.0 Å². The lowest BCUT2D eigenvalue weighted by Crippen LogP contribution is -2.04. The second kappa shape index (κ2) is 3.23. The van der Waals surface area contributed by atoms with E-state index in [-0.39, 0.29) is 0 Å². The molecule has 0 atom stereocenters. The molecule has 1 aromatic carbocycles. The molecule has 2 nitrogen and oxygen atoms in total. The molecule has 0 unspecified atom stereocenters. The highest BCUT2D eigenvalue weighted by atomic mass is 14.9. The van der Waals surface area contributed by atoms with Gasteiger partial charge in [0.15, 0.2) is 0 Å². The van der Waals surface area contributed by atoms with Crippen LogP contribution in [0.15, 0.2) is 30.5 Å². The van der Waals surface area contributed by atoms with Crippen molar-refractivity contribution in [1.82, 2.24) is 9.88 Å². The van der Waals surface area contributed by atoms with Gasteiger partial charge >= 0.3 is 0 Å². The SMILES string of the molecule is CNCc1ccc2c(ccn2C)c1. The molecule has 0 amide bonds. The Bertz CT molecular complexity index is 415. The third kappa shape index (κ3) is 1.45. The fraction of sp³-hybridized carbons (Fsp3) is 0.273. The molecule has 2 heteroatoms. The first-order chi connectivity index (χ1) is 6.31. The summed E-state index contributed by atoms with van der Waals surface area (Å²) in [6.07, 6.45) is 2.09. The molecule has 0 aliphatic carbocycles. The molecular formula is C11H14N2. The van der Waals surface area contributed by atoms with E-state index in [2.05, 4.69) is 47.4 Å². The summed E-state index contributed by atoms with van der Waals surface area (Å²) in [5.41, 5.74) is 2.63. The van der Waals surface area contributed by atoms with Crippen LogP contribution < -0.4 is 5.32 Å². The monoisotopic (exact) mass is 174 g/mol. The van der Waals surface area contributed by atoms with E-state index < -0.39 is 0 Å². The Hall–Kier alpha value is -1.28. The standard InChI is InChI=1S/C11H14N2/c1-12-8-9-3-4-11-10(7-9)5-6-13(11)2/h3-7,12H,8H2,1-2H3. The highest BCUT2D eigenvalue weighted by Gasteiger charge is 1.98. The molecule has 0 aliphatic heterocycles. The smallest absolute Gasteiger partial charge is 0.0477 e. The van der Waals surface area contributed by atoms with Crippen molar-refractivity contribution < 1.29 is 0 Å². The highest BCUT2D eigenvalue weighted by molar-refractivity contribution is 5.80. The largest absolute Gasteiger partial charge is 0.351 e. The van der Waals surface area contributed by atoms with E-state index in [1.807, 2.05) is 7.05 Å². The van der Waals surface area contributed by atoms with Gasteiger partial charge in [0.25, 0.3) is 0 Å². The molecule has 0 fully saturated rings. The van der Waals surface area contributed by atoms with Gasteiger partial charge in [-0.05, 0) is 36.2 Å². The van der Waals surface area contributed by atoms with E-state index in [1.165, 1.54) is 16.5 Å². The van der Waals surface area contributed by atoms with Gasteiger partial charge in [0.1, 0.15) is 0 Å². The Morgan fingerprint density at radius 1 is 1.31 bits per heavy atom. The summed E-state index contributed by atoms with van der Waals surface area (Å²) in [5.74, 6) is 0. The summed E-state index contributed by atoms with van der Waals surface area (Å²) in [6, 6.07) is 8.71. The zero-order valence-electron chi connectivity index (χ0n) is 8.04. The van der Waals surface area contributed by atoms with Crippen LogP contribution in [-0.4, -0.2) is 11.6 Å². The first-order valence-electron chi connectivity index (χ1n) is 4.50. The molecule has 1 N–H and O–H groups in total. The summed E-state index contributed by atoms with van der Waals surface area (Å²) in [5, 5.41) is 4.46. The average molecular weight is 174 g/mol. The molecule has 2 rings (SSSR count). The average Bonchev–Trinajstić information content (AvgIpc) is 2.48. The second-order valence-corrected chi connectivity index (χ2v) is 3.35. The summed E-state index contributed by atoms with van der Waals surface area (Å²) in [4.78, 5) is 0. The molecule has 0 bridgehead atoms. The van der Waals surface area contributed by atoms with Gasteiger partial charge in [-0.3, -0.25) is 0 Å². The van der Waals surface area contributed by atoms with Crippen molar-refractivity contribution in [2.24, 2.45) is 7.05 Å². The molecule has 0 saturated heterocycles. The quantitative estimate of drug-likeness (QED) is 0.735. The molecule has 68 valence electrons. The Labute approximate surface area is 78.2 Å². The van der Waals surface area contributed by atoms with Gasteiger partial charge < -0.3 is 9.88 Å². The number of hydrogen-bond acceptors (Lipinski definition) is 1. The lowest BCUT2D eigenvalue weighted by molar-refractivity contribution is 0.819. The van der Waals surface area contributed by atoms with Crippen LogP contribution in [0.4, 0.5) is 0 Å². The third-order valence-electron chi connectivity index (χ3n) is 2.33. The lowest BCUT2D eigenvalue weighted by atomic mass is 10.1. The zero-order chi connectivity index (χ0) is 9.26. The predicted molar refractivity (Wildman–Crippen MR) is 55.7 cm³/mol. The Balaban J connectivity index is 2.50. The lowest BCUT2D eigenvalue weighted by Gasteiger charge is -2.01. The summed E-state index contributed by atoms with van der Waals surface area (Å²) in [7, 11) is 4.04. The van der Waals surface area contributed by atoms with Gasteiger partial charge in [-0.25, -0.2) is 0 Å². The van der Waals surface area contributed by atoms with E-state index in [1.54, 1.807) is 0 Å². The van der Waals surface area contributed by atoms with Crippen molar-refractivity contribution in [3.63, 3.8) is 0 Å². The Kier molecular flexibility index (Phi) is 2.07. The van der Waals surface area contributed by atoms with Crippen LogP contribution in [0.5, 0.6) is 0 Å². The van der Waals surface area contributed by atoms with Crippen molar-refractivity contribution in [1.29, 1.82) is 0 Å². The van der Waals surface area contributed by atoms with Gasteiger partial charge in [-0.1, -0.05) is 6.07 Å². The van der Waals surface area contributed by atoms with Crippen molar-refractivity contribution >= 4 is 10.9 Å². The first kappa shape index (κ1) is 8.32. The number of benzene rings is 1. The molecular weight excluding hydrogens is 160 g/mol. The fourth-order valence-electron chi connectivity index (χ4n) is 1.65. The van der Waals surface area contributed by atoms with E-state index in [0.717, 1.165) is 6.54 Å². The van der Waals surface area contributed by atoms with Crippen molar-refractivity contribution in [3.8, 4) is 0 Å². The minimum absolute atomic E-state index is 0.935. The van der Waals surface area contributed by atoms with Crippen LogP contribution in [0.25, 0.3) is 10.9 Å². The van der Waals surface area contributed by atoms with Gasteiger partial charge in [0, 0.05) is 25.3 Å². The maximum absolute atomic E-state index is 3.15. The van der Waals surface area contributed by atoms with Crippen LogP contribution in [0.1, 0.15) is 5.56 Å². The van der Waals surface area contributed by atoms with Crippen molar-refractivity contribution in [2.45, 2.75) is 6.54 Å². The summed E-state index contributed by atoms with van der Waals surface area (Å²) in [6.45, 7) is 0.935. The van der Waals surface area contributed by atoms with Gasteiger partial charge in [-0.15, -0.1) is 0 Å². The molecule has 13 heavy (non-hydrogen) atoms. The van der Waals surface area contributed by atoms with E-state index in [9.17, 15) is 0 Å². The van der Waals surface area contributed by atoms with Crippen LogP contribution in [0, 0.1) is 0 Å². The molecule has 0 saturated carbocycles. The highest BCUT2D eigenvalue weighted by Crippen LogP contribution is 2.16. The van der Waals surface area contributed by atoms with E-state index >= 15 is 0 Å². The zero-order valence-corrected chi connectivity index (χ0v) is 8.04. The van der Waals surface area contributed by atoms with Crippen LogP contribution in [0.2, 0.25) is 0 Å². The second-order valence-electron chi connectivity index (χ2n) is 3.35. The molecule has 2 aromatic rings. The number of nitrogens with one attached hydrogen (secondary N) is 1. The molecule has 1 aromatic heterocycles. The molecule has 0 spiro atoms. The Morgan fingerprint density at radius 2 is 2.15 bits per heavy atom. The van der Waals surface area contributed by atoms with E-state index in [0.29, 0.717) is 0 Å².